The van der Waals surface area contributed by atoms with Crippen LogP contribution >= 0.6 is 0 Å². The van der Waals surface area contributed by atoms with Crippen molar-refractivity contribution in [3.8, 4) is 11.4 Å². The van der Waals surface area contributed by atoms with Gasteiger partial charge in [0.15, 0.2) is 9.84 Å². The number of aromatic nitrogens is 2. The van der Waals surface area contributed by atoms with Gasteiger partial charge in [0.2, 0.25) is 0 Å². The number of hydrogen-bond donors (Lipinski definition) is 2. The molecule has 0 aliphatic carbocycles. The van der Waals surface area contributed by atoms with Crippen LogP contribution in [0.3, 0.4) is 0 Å². The van der Waals surface area contributed by atoms with Gasteiger partial charge in [-0.2, -0.15) is 5.10 Å². The van der Waals surface area contributed by atoms with Crippen molar-refractivity contribution in [3.63, 3.8) is 0 Å². The molecule has 1 amide bonds. The third-order valence-corrected chi connectivity index (χ3v) is 5.59. The van der Waals surface area contributed by atoms with E-state index in [2.05, 4.69) is 10.4 Å². The summed E-state index contributed by atoms with van der Waals surface area (Å²) in [5, 5.41) is 16.6. The molecule has 3 aromatic rings. The number of hydrogen-bond acceptors (Lipinski definition) is 5. The number of phenols is 1. The third-order valence-electron chi connectivity index (χ3n) is 3.85. The number of carbonyl (C=O) groups is 1. The van der Waals surface area contributed by atoms with Gasteiger partial charge >= 0.3 is 0 Å². The van der Waals surface area contributed by atoms with Crippen molar-refractivity contribution in [1.82, 2.24) is 9.78 Å². The Kier molecular flexibility index (Phi) is 4.77. The molecule has 0 atom stereocenters. The van der Waals surface area contributed by atoms with Crippen molar-refractivity contribution in [3.05, 3.63) is 66.5 Å². The second-order valence-corrected chi connectivity index (χ2v) is 7.81. The summed E-state index contributed by atoms with van der Waals surface area (Å²) in [6, 6.07) is 12.3. The second-order valence-electron chi connectivity index (χ2n) is 5.53. The van der Waals surface area contributed by atoms with Gasteiger partial charge in [0, 0.05) is 18.0 Å². The molecule has 0 unspecified atom stereocenters. The minimum Gasteiger partial charge on any atom is -0.506 e. The van der Waals surface area contributed by atoms with E-state index in [0.29, 0.717) is 5.56 Å². The van der Waals surface area contributed by atoms with E-state index in [9.17, 15) is 18.3 Å². The molecule has 0 radical (unpaired) electrons. The zero-order chi connectivity index (χ0) is 18.7. The molecule has 3 rings (SSSR count). The Morgan fingerprint density at radius 3 is 2.54 bits per heavy atom. The Hall–Kier alpha value is -3.13. The van der Waals surface area contributed by atoms with Gasteiger partial charge in [-0.3, -0.25) is 4.79 Å². The maximum Gasteiger partial charge on any atom is 0.255 e. The molecule has 0 saturated carbocycles. The first-order chi connectivity index (χ1) is 12.4. The molecule has 0 aliphatic rings. The van der Waals surface area contributed by atoms with Crippen LogP contribution in [0.2, 0.25) is 0 Å². The van der Waals surface area contributed by atoms with Crippen LogP contribution in [0, 0.1) is 0 Å². The largest absolute Gasteiger partial charge is 0.506 e. The van der Waals surface area contributed by atoms with Gasteiger partial charge in [-0.25, -0.2) is 13.1 Å². The molecule has 0 aliphatic heterocycles. The number of aromatic hydroxyl groups is 1. The van der Waals surface area contributed by atoms with Gasteiger partial charge in [-0.05, 0) is 48.5 Å². The van der Waals surface area contributed by atoms with E-state index in [-0.39, 0.29) is 22.1 Å². The first-order valence-corrected chi connectivity index (χ1v) is 9.53. The highest BCUT2D eigenvalue weighted by molar-refractivity contribution is 7.91. The number of phenolic OH excluding ortho intramolecular Hbond substituents is 1. The molecule has 134 valence electrons. The van der Waals surface area contributed by atoms with Gasteiger partial charge in [0.05, 0.1) is 22.0 Å². The summed E-state index contributed by atoms with van der Waals surface area (Å²) in [5.41, 5.74) is 1.20. The van der Waals surface area contributed by atoms with Crippen LogP contribution in [0.1, 0.15) is 17.3 Å². The summed E-state index contributed by atoms with van der Waals surface area (Å²) >= 11 is 0. The number of sulfone groups is 1. The quantitative estimate of drug-likeness (QED) is 0.672. The predicted molar refractivity (Wildman–Crippen MR) is 97.4 cm³/mol. The van der Waals surface area contributed by atoms with Crippen LogP contribution in [0.5, 0.6) is 5.75 Å². The van der Waals surface area contributed by atoms with E-state index in [0.717, 1.165) is 5.69 Å². The van der Waals surface area contributed by atoms with Crippen LogP contribution in [0.4, 0.5) is 5.69 Å². The van der Waals surface area contributed by atoms with Crippen LogP contribution in [-0.4, -0.2) is 35.0 Å². The van der Waals surface area contributed by atoms with Gasteiger partial charge in [0.25, 0.3) is 5.91 Å². The normalized spacial score (nSPS) is 11.3. The lowest BCUT2D eigenvalue weighted by atomic mass is 10.2. The number of amides is 1. The highest BCUT2D eigenvalue weighted by Gasteiger charge is 2.16. The van der Waals surface area contributed by atoms with Crippen molar-refractivity contribution in [2.75, 3.05) is 11.1 Å². The third kappa shape index (κ3) is 3.60. The van der Waals surface area contributed by atoms with E-state index < -0.39 is 15.7 Å². The SMILES string of the molecule is CCS(=O)(=O)c1ccc(O)c(NC(=O)c2ccc(-n3cccn3)cc2)c1. The Labute approximate surface area is 150 Å². The smallest absolute Gasteiger partial charge is 0.255 e. The Balaban J connectivity index is 1.83. The van der Waals surface area contributed by atoms with Crippen LogP contribution < -0.4 is 5.32 Å². The molecule has 26 heavy (non-hydrogen) atoms. The molecule has 2 aromatic carbocycles. The molecule has 0 spiro atoms. The molecule has 1 heterocycles. The van der Waals surface area contributed by atoms with E-state index in [1.54, 1.807) is 47.4 Å². The van der Waals surface area contributed by atoms with Gasteiger partial charge in [-0.15, -0.1) is 0 Å². The monoisotopic (exact) mass is 371 g/mol. The lowest BCUT2D eigenvalue weighted by molar-refractivity contribution is 0.102. The molecule has 1 aromatic heterocycles. The lowest BCUT2D eigenvalue weighted by Crippen LogP contribution is -2.13. The number of rotatable bonds is 5. The van der Waals surface area contributed by atoms with Crippen molar-refractivity contribution >= 4 is 21.4 Å². The average Bonchev–Trinajstić information content (AvgIpc) is 3.18. The van der Waals surface area contributed by atoms with Gasteiger partial charge < -0.3 is 10.4 Å². The fourth-order valence-corrected chi connectivity index (χ4v) is 3.26. The zero-order valence-corrected chi connectivity index (χ0v) is 14.8. The van der Waals surface area contributed by atoms with Crippen LogP contribution in [-0.2, 0) is 9.84 Å². The molecular formula is C18H17N3O4S. The van der Waals surface area contributed by atoms with E-state index in [1.165, 1.54) is 25.1 Å². The number of anilines is 1. The lowest BCUT2D eigenvalue weighted by Gasteiger charge is -2.10. The van der Waals surface area contributed by atoms with E-state index in [4.69, 9.17) is 0 Å². The minimum absolute atomic E-state index is 0.0423. The molecule has 0 bridgehead atoms. The van der Waals surface area contributed by atoms with Crippen molar-refractivity contribution in [1.29, 1.82) is 0 Å². The molecule has 0 fully saturated rings. The number of carbonyl (C=O) groups excluding carboxylic acids is 1. The summed E-state index contributed by atoms with van der Waals surface area (Å²) in [5.74, 6) is -0.736. The summed E-state index contributed by atoms with van der Waals surface area (Å²) < 4.78 is 25.6. The van der Waals surface area contributed by atoms with E-state index in [1.807, 2.05) is 0 Å². The summed E-state index contributed by atoms with van der Waals surface area (Å²) in [4.78, 5) is 12.4. The van der Waals surface area contributed by atoms with Crippen molar-refractivity contribution < 1.29 is 18.3 Å². The number of nitrogens with one attached hydrogen (secondary N) is 1. The van der Waals surface area contributed by atoms with E-state index >= 15 is 0 Å². The Morgan fingerprint density at radius 1 is 1.19 bits per heavy atom. The van der Waals surface area contributed by atoms with Crippen molar-refractivity contribution in [2.45, 2.75) is 11.8 Å². The maximum absolute atomic E-state index is 12.4. The molecule has 2 N–H and O–H groups in total. The van der Waals surface area contributed by atoms with Gasteiger partial charge in [0.1, 0.15) is 5.75 Å². The highest BCUT2D eigenvalue weighted by atomic mass is 32.2. The summed E-state index contributed by atoms with van der Waals surface area (Å²) in [6.45, 7) is 1.53. The Bertz CT molecular complexity index is 1030. The number of benzene rings is 2. The van der Waals surface area contributed by atoms with Crippen molar-refractivity contribution in [2.24, 2.45) is 0 Å². The zero-order valence-electron chi connectivity index (χ0n) is 14.0. The molecule has 8 heteroatoms. The summed E-state index contributed by atoms with van der Waals surface area (Å²) in [7, 11) is -3.44. The average molecular weight is 371 g/mol. The molecule has 0 saturated heterocycles. The fraction of sp³-hybridized carbons (Fsp3) is 0.111. The highest BCUT2D eigenvalue weighted by Crippen LogP contribution is 2.27. The topological polar surface area (TPSA) is 101 Å². The molecular weight excluding hydrogens is 354 g/mol. The summed E-state index contributed by atoms with van der Waals surface area (Å²) in [6.07, 6.45) is 3.44. The second kappa shape index (κ2) is 7.01. The van der Waals surface area contributed by atoms with Crippen LogP contribution in [0.25, 0.3) is 5.69 Å². The van der Waals surface area contributed by atoms with Crippen LogP contribution in [0.15, 0.2) is 65.8 Å². The first kappa shape index (κ1) is 17.7. The minimum atomic E-state index is -3.44. The maximum atomic E-state index is 12.4. The standard InChI is InChI=1S/C18H17N3O4S/c1-2-26(24,25)15-8-9-17(22)16(12-15)20-18(23)13-4-6-14(7-5-13)21-11-3-10-19-21/h3-12,22H,2H2,1H3,(H,20,23). The Morgan fingerprint density at radius 2 is 1.92 bits per heavy atom. The molecule has 7 nitrogen and oxygen atoms in total. The first-order valence-electron chi connectivity index (χ1n) is 7.88. The number of nitrogens with zero attached hydrogens (tertiary/aromatic N) is 2. The van der Waals surface area contributed by atoms with Gasteiger partial charge in [-0.1, -0.05) is 6.92 Å². The predicted octanol–water partition coefficient (Wildman–Crippen LogP) is 2.62. The fourth-order valence-electron chi connectivity index (χ4n) is 2.36.